The fraction of sp³-hybridized carbons (Fsp3) is 0.320. The lowest BCUT2D eigenvalue weighted by atomic mass is 9.82. The maximum atomic E-state index is 13.4. The van der Waals surface area contributed by atoms with Gasteiger partial charge in [0.1, 0.15) is 0 Å². The van der Waals surface area contributed by atoms with E-state index in [2.05, 4.69) is 15.3 Å². The molecule has 6 nitrogen and oxygen atoms in total. The number of anilines is 2. The highest BCUT2D eigenvalue weighted by molar-refractivity contribution is 6.05. The summed E-state index contributed by atoms with van der Waals surface area (Å²) in [6.07, 6.45) is -1.42. The lowest BCUT2D eigenvalue weighted by molar-refractivity contribution is -0.137. The molecule has 3 aromatic rings. The number of aromatic nitrogens is 2. The van der Waals surface area contributed by atoms with Gasteiger partial charge in [-0.2, -0.15) is 13.2 Å². The van der Waals surface area contributed by atoms with Crippen molar-refractivity contribution >= 4 is 17.5 Å². The Hall–Kier alpha value is -3.46. The van der Waals surface area contributed by atoms with E-state index in [0.717, 1.165) is 23.3 Å². The van der Waals surface area contributed by atoms with Crippen molar-refractivity contribution in [1.82, 2.24) is 14.9 Å². The number of nitrogens with one attached hydrogen (secondary N) is 1. The molecule has 0 spiro atoms. The molecule has 1 heterocycles. The van der Waals surface area contributed by atoms with Crippen molar-refractivity contribution in [3.8, 4) is 11.1 Å². The van der Waals surface area contributed by atoms with Gasteiger partial charge in [0.05, 0.1) is 5.56 Å². The van der Waals surface area contributed by atoms with Gasteiger partial charge < -0.3 is 16.0 Å². The van der Waals surface area contributed by atoms with Crippen LogP contribution in [-0.4, -0.2) is 41.4 Å². The van der Waals surface area contributed by atoms with Gasteiger partial charge in [0.25, 0.3) is 5.91 Å². The topological polar surface area (TPSA) is 84.1 Å². The number of hydrogen-bond donors (Lipinski definition) is 2. The third-order valence-corrected chi connectivity index (χ3v) is 5.52. The van der Waals surface area contributed by atoms with Crippen LogP contribution in [0.2, 0.25) is 0 Å². The molecular weight excluding hydrogens is 443 g/mol. The summed E-state index contributed by atoms with van der Waals surface area (Å²) in [6.45, 7) is 6.31. The second-order valence-corrected chi connectivity index (χ2v) is 9.19. The summed E-state index contributed by atoms with van der Waals surface area (Å²) in [5.74, 6) is -0.383. The molecule has 0 aliphatic rings. The van der Waals surface area contributed by atoms with Gasteiger partial charge in [-0.3, -0.25) is 4.79 Å². The van der Waals surface area contributed by atoms with Gasteiger partial charge in [0, 0.05) is 41.2 Å². The number of rotatable bonds is 6. The van der Waals surface area contributed by atoms with E-state index in [1.165, 1.54) is 6.07 Å². The number of benzene rings is 2. The first-order chi connectivity index (χ1) is 15.8. The fourth-order valence-electron chi connectivity index (χ4n) is 4.04. The second-order valence-electron chi connectivity index (χ2n) is 9.19. The van der Waals surface area contributed by atoms with Gasteiger partial charge in [-0.1, -0.05) is 26.0 Å². The van der Waals surface area contributed by atoms with E-state index in [9.17, 15) is 18.0 Å². The zero-order valence-corrected chi connectivity index (χ0v) is 19.8. The van der Waals surface area contributed by atoms with E-state index >= 15 is 0 Å². The van der Waals surface area contributed by atoms with Crippen LogP contribution in [0.15, 0.2) is 48.8 Å². The summed E-state index contributed by atoms with van der Waals surface area (Å²) in [7, 11) is 3.78. The van der Waals surface area contributed by atoms with Gasteiger partial charge >= 0.3 is 6.18 Å². The summed E-state index contributed by atoms with van der Waals surface area (Å²) in [5.41, 5.74) is 7.54. The van der Waals surface area contributed by atoms with Gasteiger partial charge in [-0.15, -0.1) is 0 Å². The average Bonchev–Trinajstić information content (AvgIpc) is 2.73. The van der Waals surface area contributed by atoms with Crippen molar-refractivity contribution in [2.75, 3.05) is 31.7 Å². The highest BCUT2D eigenvalue weighted by Crippen LogP contribution is 2.37. The molecule has 0 radical (unpaired) electrons. The molecular formula is C25H28F3N5O. The Morgan fingerprint density at radius 3 is 2.29 bits per heavy atom. The van der Waals surface area contributed by atoms with Crippen LogP contribution in [0.25, 0.3) is 11.1 Å². The van der Waals surface area contributed by atoms with Crippen LogP contribution in [0.5, 0.6) is 0 Å². The van der Waals surface area contributed by atoms with Crippen LogP contribution in [0.3, 0.4) is 0 Å². The van der Waals surface area contributed by atoms with Crippen molar-refractivity contribution in [3.63, 3.8) is 0 Å². The van der Waals surface area contributed by atoms with Crippen LogP contribution in [0.1, 0.15) is 40.9 Å². The standard InChI is InChI=1S/C25H28F3N5O/c1-15-6-7-16(10-19(15)17-12-30-23(29)31-13-17)22(34)32-21-11-18(25(26,27)28)8-9-20(21)24(2,3)14-33(4)5/h6-13H,14H2,1-5H3,(H,32,34)(H2,29,30,31). The first-order valence-electron chi connectivity index (χ1n) is 10.6. The Balaban J connectivity index is 2.02. The molecule has 1 aromatic heterocycles. The number of alkyl halides is 3. The number of carbonyl (C=O) groups is 1. The monoisotopic (exact) mass is 471 g/mol. The van der Waals surface area contributed by atoms with E-state index in [1.807, 2.05) is 39.8 Å². The van der Waals surface area contributed by atoms with E-state index in [-0.39, 0.29) is 11.6 Å². The van der Waals surface area contributed by atoms with E-state index < -0.39 is 23.1 Å². The van der Waals surface area contributed by atoms with Crippen LogP contribution >= 0.6 is 0 Å². The lowest BCUT2D eigenvalue weighted by Crippen LogP contribution is -2.33. The number of halogens is 3. The molecule has 0 aliphatic heterocycles. The molecule has 0 saturated heterocycles. The van der Waals surface area contributed by atoms with Crippen molar-refractivity contribution in [2.24, 2.45) is 0 Å². The number of carbonyl (C=O) groups excluding carboxylic acids is 1. The molecule has 2 aromatic carbocycles. The molecule has 0 saturated carbocycles. The maximum absolute atomic E-state index is 13.4. The predicted octanol–water partition coefficient (Wildman–Crippen LogP) is 5.14. The Bertz CT molecular complexity index is 1190. The summed E-state index contributed by atoms with van der Waals surface area (Å²) >= 11 is 0. The molecule has 0 bridgehead atoms. The first-order valence-corrected chi connectivity index (χ1v) is 10.6. The highest BCUT2D eigenvalue weighted by atomic mass is 19.4. The van der Waals surface area contributed by atoms with Crippen molar-refractivity contribution < 1.29 is 18.0 Å². The zero-order valence-electron chi connectivity index (χ0n) is 19.8. The number of hydrogen-bond acceptors (Lipinski definition) is 5. The lowest BCUT2D eigenvalue weighted by Gasteiger charge is -2.31. The van der Waals surface area contributed by atoms with Crippen molar-refractivity contribution in [2.45, 2.75) is 32.4 Å². The van der Waals surface area contributed by atoms with E-state index in [4.69, 9.17) is 5.73 Å². The number of nitrogens with two attached hydrogens (primary N) is 1. The summed E-state index contributed by atoms with van der Waals surface area (Å²) in [6, 6.07) is 8.54. The van der Waals surface area contributed by atoms with E-state index in [0.29, 0.717) is 23.2 Å². The molecule has 3 N–H and O–H groups in total. The minimum Gasteiger partial charge on any atom is -0.368 e. The minimum absolute atomic E-state index is 0.129. The third kappa shape index (κ3) is 5.72. The molecule has 180 valence electrons. The zero-order chi connectivity index (χ0) is 25.3. The predicted molar refractivity (Wildman–Crippen MR) is 128 cm³/mol. The first kappa shape index (κ1) is 25.2. The molecule has 0 unspecified atom stereocenters. The van der Waals surface area contributed by atoms with Gasteiger partial charge in [-0.05, 0) is 62.0 Å². The SMILES string of the molecule is Cc1ccc(C(=O)Nc2cc(C(F)(F)F)ccc2C(C)(C)CN(C)C)cc1-c1cnc(N)nc1. The van der Waals surface area contributed by atoms with Crippen LogP contribution in [-0.2, 0) is 11.6 Å². The fourth-order valence-corrected chi connectivity index (χ4v) is 4.04. The maximum Gasteiger partial charge on any atom is 0.416 e. The average molecular weight is 472 g/mol. The summed E-state index contributed by atoms with van der Waals surface area (Å²) < 4.78 is 40.3. The second kappa shape index (κ2) is 9.42. The normalized spacial score (nSPS) is 12.1. The van der Waals surface area contributed by atoms with Gasteiger partial charge in [-0.25, -0.2) is 9.97 Å². The van der Waals surface area contributed by atoms with Gasteiger partial charge in [0.2, 0.25) is 5.95 Å². The Morgan fingerprint density at radius 1 is 1.06 bits per heavy atom. The Labute approximate surface area is 197 Å². The molecule has 0 aliphatic carbocycles. The summed E-state index contributed by atoms with van der Waals surface area (Å²) in [4.78, 5) is 23.1. The molecule has 9 heteroatoms. The number of amides is 1. The summed E-state index contributed by atoms with van der Waals surface area (Å²) in [5, 5.41) is 2.72. The van der Waals surface area contributed by atoms with Crippen LogP contribution in [0.4, 0.5) is 24.8 Å². The van der Waals surface area contributed by atoms with Crippen LogP contribution in [0, 0.1) is 6.92 Å². The number of nitrogen functional groups attached to an aromatic ring is 1. The molecule has 3 rings (SSSR count). The molecule has 1 amide bonds. The molecule has 0 atom stereocenters. The van der Waals surface area contributed by atoms with Crippen molar-refractivity contribution in [3.05, 3.63) is 71.0 Å². The van der Waals surface area contributed by atoms with Crippen molar-refractivity contribution in [1.29, 1.82) is 0 Å². The smallest absolute Gasteiger partial charge is 0.368 e. The molecule has 34 heavy (non-hydrogen) atoms. The largest absolute Gasteiger partial charge is 0.416 e. The number of nitrogens with zero attached hydrogens (tertiary/aromatic N) is 3. The molecule has 0 fully saturated rings. The number of aryl methyl sites for hydroxylation is 1. The quantitative estimate of drug-likeness (QED) is 0.520. The third-order valence-electron chi connectivity index (χ3n) is 5.52. The van der Waals surface area contributed by atoms with Crippen LogP contribution < -0.4 is 11.1 Å². The minimum atomic E-state index is -4.53. The van der Waals surface area contributed by atoms with Gasteiger partial charge in [0.15, 0.2) is 0 Å². The van der Waals surface area contributed by atoms with E-state index in [1.54, 1.807) is 30.6 Å². The number of likely N-dealkylation sites (N-methyl/N-ethyl adjacent to an activating group) is 1. The Morgan fingerprint density at radius 2 is 1.71 bits per heavy atom. The Kier molecular flexibility index (Phi) is 6.97. The highest BCUT2D eigenvalue weighted by Gasteiger charge is 2.33.